The summed E-state index contributed by atoms with van der Waals surface area (Å²) in [5.41, 5.74) is -0.135. The molecule has 2 saturated heterocycles. The Kier molecular flexibility index (Phi) is 7.23. The number of rotatable bonds is 6. The van der Waals surface area contributed by atoms with Crippen molar-refractivity contribution in [2.45, 2.75) is 70.0 Å². The fraction of sp³-hybridized carbons (Fsp3) is 0.571. The van der Waals surface area contributed by atoms with Gasteiger partial charge in [-0.05, 0) is 63.5 Å². The van der Waals surface area contributed by atoms with Gasteiger partial charge in [0.2, 0.25) is 11.8 Å². The lowest BCUT2D eigenvalue weighted by molar-refractivity contribution is -0.127. The minimum absolute atomic E-state index is 0.0409. The lowest BCUT2D eigenvalue weighted by Crippen LogP contribution is -2.51. The average molecular weight is 558 g/mol. The molecule has 0 spiro atoms. The minimum Gasteiger partial charge on any atom is -0.494 e. The summed E-state index contributed by atoms with van der Waals surface area (Å²) in [7, 11) is 1.42. The van der Waals surface area contributed by atoms with E-state index in [2.05, 4.69) is 21.7 Å². The molecule has 208 valence electrons. The number of hydrogen-bond donors (Lipinski definition) is 3. The molecule has 3 amide bonds. The Hall–Kier alpha value is -3.32. The third-order valence-electron chi connectivity index (χ3n) is 8.46. The highest BCUT2D eigenvalue weighted by Crippen LogP contribution is 2.42. The lowest BCUT2D eigenvalue weighted by Gasteiger charge is -2.30. The van der Waals surface area contributed by atoms with Crippen LogP contribution in [0.5, 0.6) is 5.75 Å². The number of amides is 3. The van der Waals surface area contributed by atoms with Crippen LogP contribution in [-0.4, -0.2) is 58.9 Å². The molecule has 3 N–H and O–H groups in total. The number of H-pyrrole nitrogens is 1. The third-order valence-corrected chi connectivity index (χ3v) is 8.74. The normalized spacial score (nSPS) is 26.6. The molecule has 1 aromatic carbocycles. The standard InChI is InChI=1S/C28H33ClFN5O4/c1-28(2)11-15(25(36)34-28)8-16(12-31)32-26(37)23-17-7-5-4-6-14(17)13-35(23)27(38)21-9-18-22(33-21)20(30)10-19(29)24(18)39-3/h9-10,14-17,23,33H,4-8,11,13H2,1-3H3,(H,32,37)(H,34,36)/t14-,15+,16-,17-,23-/m0/s1. The van der Waals surface area contributed by atoms with Crippen molar-refractivity contribution in [3.05, 3.63) is 28.7 Å². The Labute approximate surface area is 231 Å². The molecular formula is C28H33ClFN5O4. The van der Waals surface area contributed by atoms with Gasteiger partial charge in [0, 0.05) is 23.4 Å². The zero-order chi connectivity index (χ0) is 28.1. The summed E-state index contributed by atoms with van der Waals surface area (Å²) in [5, 5.41) is 16.0. The van der Waals surface area contributed by atoms with Gasteiger partial charge in [-0.25, -0.2) is 4.39 Å². The molecule has 1 saturated carbocycles. The van der Waals surface area contributed by atoms with Crippen molar-refractivity contribution in [2.75, 3.05) is 13.7 Å². The molecule has 2 aromatic rings. The number of carbonyl (C=O) groups excluding carboxylic acids is 3. The quantitative estimate of drug-likeness (QED) is 0.496. The van der Waals surface area contributed by atoms with E-state index < -0.39 is 29.7 Å². The van der Waals surface area contributed by atoms with Gasteiger partial charge in [0.1, 0.15) is 29.3 Å². The molecule has 0 bridgehead atoms. The van der Waals surface area contributed by atoms with Gasteiger partial charge in [-0.1, -0.05) is 24.4 Å². The van der Waals surface area contributed by atoms with Gasteiger partial charge in [-0.2, -0.15) is 5.26 Å². The van der Waals surface area contributed by atoms with E-state index in [0.717, 1.165) is 31.7 Å². The van der Waals surface area contributed by atoms with Crippen LogP contribution in [0.15, 0.2) is 12.1 Å². The first-order valence-electron chi connectivity index (χ1n) is 13.4. The largest absolute Gasteiger partial charge is 0.494 e. The molecule has 3 heterocycles. The monoisotopic (exact) mass is 557 g/mol. The summed E-state index contributed by atoms with van der Waals surface area (Å²) in [5.74, 6) is -1.57. The Balaban J connectivity index is 1.40. The summed E-state index contributed by atoms with van der Waals surface area (Å²) in [4.78, 5) is 44.3. The van der Waals surface area contributed by atoms with Crippen LogP contribution in [-0.2, 0) is 9.59 Å². The maximum Gasteiger partial charge on any atom is 0.271 e. The van der Waals surface area contributed by atoms with Crippen LogP contribution in [0.3, 0.4) is 0 Å². The van der Waals surface area contributed by atoms with E-state index >= 15 is 0 Å². The van der Waals surface area contributed by atoms with E-state index in [1.165, 1.54) is 13.2 Å². The van der Waals surface area contributed by atoms with Gasteiger partial charge in [0.05, 0.1) is 23.7 Å². The number of halogens is 2. The Morgan fingerprint density at radius 2 is 2.08 bits per heavy atom. The van der Waals surface area contributed by atoms with Crippen molar-refractivity contribution in [3.63, 3.8) is 0 Å². The van der Waals surface area contributed by atoms with E-state index in [-0.39, 0.29) is 57.6 Å². The molecule has 3 aliphatic rings. The number of hydrogen-bond acceptors (Lipinski definition) is 5. The van der Waals surface area contributed by atoms with Gasteiger partial charge < -0.3 is 25.3 Å². The molecular weight excluding hydrogens is 525 g/mol. The predicted octanol–water partition coefficient (Wildman–Crippen LogP) is 3.91. The predicted molar refractivity (Wildman–Crippen MR) is 143 cm³/mol. The van der Waals surface area contributed by atoms with E-state index in [1.54, 1.807) is 4.90 Å². The maximum atomic E-state index is 14.7. The number of aromatic amines is 1. The van der Waals surface area contributed by atoms with Gasteiger partial charge in [-0.3, -0.25) is 14.4 Å². The SMILES string of the molecule is COc1c(Cl)cc(F)c2[nH]c(C(=O)N3C[C@@H]4CCCC[C@@H]4[C@H]3C(=O)N[C@H](C#N)C[C@@H]3CC(C)(C)NC3=O)cc12. The van der Waals surface area contributed by atoms with Crippen LogP contribution in [0.25, 0.3) is 10.9 Å². The zero-order valence-electron chi connectivity index (χ0n) is 22.3. The van der Waals surface area contributed by atoms with Crippen molar-refractivity contribution in [2.24, 2.45) is 17.8 Å². The Morgan fingerprint density at radius 1 is 1.33 bits per heavy atom. The van der Waals surface area contributed by atoms with Crippen LogP contribution in [0.4, 0.5) is 4.39 Å². The fourth-order valence-corrected chi connectivity index (χ4v) is 7.04. The maximum absolute atomic E-state index is 14.7. The average Bonchev–Trinajstić information content (AvgIpc) is 3.56. The smallest absolute Gasteiger partial charge is 0.271 e. The van der Waals surface area contributed by atoms with E-state index in [9.17, 15) is 24.0 Å². The number of fused-ring (bicyclic) bond motifs is 2. The molecule has 39 heavy (non-hydrogen) atoms. The van der Waals surface area contributed by atoms with E-state index in [1.807, 2.05) is 13.8 Å². The van der Waals surface area contributed by atoms with Crippen LogP contribution in [0, 0.1) is 34.9 Å². The highest BCUT2D eigenvalue weighted by Gasteiger charge is 2.49. The molecule has 0 radical (unpaired) electrons. The summed E-state index contributed by atoms with van der Waals surface area (Å²) in [6.45, 7) is 4.25. The Morgan fingerprint density at radius 3 is 2.74 bits per heavy atom. The molecule has 5 atom stereocenters. The number of aromatic nitrogens is 1. The zero-order valence-corrected chi connectivity index (χ0v) is 23.0. The molecule has 5 rings (SSSR count). The Bertz CT molecular complexity index is 1370. The number of ether oxygens (including phenoxy) is 1. The molecule has 1 aliphatic carbocycles. The number of carbonyl (C=O) groups is 3. The highest BCUT2D eigenvalue weighted by molar-refractivity contribution is 6.33. The van der Waals surface area contributed by atoms with Crippen LogP contribution < -0.4 is 15.4 Å². The second kappa shape index (κ2) is 10.3. The van der Waals surface area contributed by atoms with Gasteiger partial charge in [-0.15, -0.1) is 0 Å². The molecule has 0 unspecified atom stereocenters. The molecule has 1 aromatic heterocycles. The molecule has 9 nitrogen and oxygen atoms in total. The van der Waals surface area contributed by atoms with Gasteiger partial charge in [0.25, 0.3) is 5.91 Å². The van der Waals surface area contributed by atoms with E-state index in [0.29, 0.717) is 18.4 Å². The first-order chi connectivity index (χ1) is 18.5. The summed E-state index contributed by atoms with van der Waals surface area (Å²) in [6.07, 6.45) is 4.46. The summed E-state index contributed by atoms with van der Waals surface area (Å²) in [6, 6.07) is 3.12. The number of nitriles is 1. The topological polar surface area (TPSA) is 127 Å². The van der Waals surface area contributed by atoms with E-state index in [4.69, 9.17) is 16.3 Å². The number of benzene rings is 1. The van der Waals surface area contributed by atoms with Crippen molar-refractivity contribution < 1.29 is 23.5 Å². The first-order valence-corrected chi connectivity index (χ1v) is 13.8. The van der Waals surface area contributed by atoms with Crippen molar-refractivity contribution in [1.82, 2.24) is 20.5 Å². The van der Waals surface area contributed by atoms with Gasteiger partial charge >= 0.3 is 0 Å². The number of methoxy groups -OCH3 is 1. The fourth-order valence-electron chi connectivity index (χ4n) is 6.77. The van der Waals surface area contributed by atoms with Gasteiger partial charge in [0.15, 0.2) is 0 Å². The second-order valence-electron chi connectivity index (χ2n) is 11.7. The number of nitrogens with zero attached hydrogens (tertiary/aromatic N) is 2. The highest BCUT2D eigenvalue weighted by atomic mass is 35.5. The van der Waals surface area contributed by atoms with Crippen LogP contribution >= 0.6 is 11.6 Å². The third kappa shape index (κ3) is 5.05. The molecule has 11 heteroatoms. The number of likely N-dealkylation sites (tertiary alicyclic amines) is 1. The van der Waals surface area contributed by atoms with Crippen molar-refractivity contribution in [3.8, 4) is 11.8 Å². The van der Waals surface area contributed by atoms with Crippen LogP contribution in [0.2, 0.25) is 5.02 Å². The van der Waals surface area contributed by atoms with Crippen molar-refractivity contribution in [1.29, 1.82) is 5.26 Å². The van der Waals surface area contributed by atoms with Crippen LogP contribution in [0.1, 0.15) is 62.9 Å². The molecule has 2 aliphatic heterocycles. The lowest BCUT2D eigenvalue weighted by atomic mass is 9.78. The number of nitrogens with one attached hydrogen (secondary N) is 3. The summed E-state index contributed by atoms with van der Waals surface area (Å²) < 4.78 is 20.0. The van der Waals surface area contributed by atoms with Crippen molar-refractivity contribution >= 4 is 40.2 Å². The first kappa shape index (κ1) is 27.3. The summed E-state index contributed by atoms with van der Waals surface area (Å²) >= 11 is 6.14. The minimum atomic E-state index is -0.865. The molecule has 3 fully saturated rings. The second-order valence-corrected chi connectivity index (χ2v) is 12.1.